The Morgan fingerprint density at radius 2 is 2.05 bits per heavy atom. The van der Waals surface area contributed by atoms with Crippen molar-refractivity contribution in [1.29, 1.82) is 0 Å². The molecular weight excluding hydrogens is 270 g/mol. The van der Waals surface area contributed by atoms with Crippen molar-refractivity contribution in [3.63, 3.8) is 0 Å². The number of nitrogens with two attached hydrogens (primary N) is 1. The number of anilines is 1. The lowest BCUT2D eigenvalue weighted by atomic mass is 9.87. The summed E-state index contributed by atoms with van der Waals surface area (Å²) < 4.78 is 0. The minimum absolute atomic E-state index is 0.149. The van der Waals surface area contributed by atoms with Crippen LogP contribution in [0.25, 0.3) is 0 Å². The van der Waals surface area contributed by atoms with Crippen LogP contribution in [0.3, 0.4) is 0 Å². The van der Waals surface area contributed by atoms with Gasteiger partial charge in [-0.25, -0.2) is 0 Å². The van der Waals surface area contributed by atoms with E-state index in [-0.39, 0.29) is 16.4 Å². The highest BCUT2D eigenvalue weighted by Crippen LogP contribution is 2.27. The van der Waals surface area contributed by atoms with Crippen molar-refractivity contribution in [3.8, 4) is 0 Å². The van der Waals surface area contributed by atoms with Crippen molar-refractivity contribution in [3.05, 3.63) is 33.3 Å². The average molecular weight is 286 g/mol. The Balaban J connectivity index is 2.96. The summed E-state index contributed by atoms with van der Waals surface area (Å²) in [5, 5.41) is 13.4. The van der Waals surface area contributed by atoms with E-state index in [4.69, 9.17) is 17.3 Å². The number of halogens is 1. The second kappa shape index (κ2) is 5.54. The van der Waals surface area contributed by atoms with Crippen molar-refractivity contribution in [2.45, 2.75) is 26.8 Å². The Bertz CT molecular complexity index is 511. The van der Waals surface area contributed by atoms with E-state index >= 15 is 0 Å². The van der Waals surface area contributed by atoms with Crippen molar-refractivity contribution in [2.75, 3.05) is 5.32 Å². The van der Waals surface area contributed by atoms with Gasteiger partial charge in [-0.1, -0.05) is 32.4 Å². The van der Waals surface area contributed by atoms with Gasteiger partial charge in [-0.15, -0.1) is 0 Å². The SMILES string of the molecule is CC(C)(C)C(N)C(=O)Nc1cc([N+](=O)[O-])ccc1Cl. The topological polar surface area (TPSA) is 98.3 Å². The molecule has 1 aromatic carbocycles. The largest absolute Gasteiger partial charge is 0.323 e. The molecule has 0 radical (unpaired) electrons. The number of nitro benzene ring substituents is 1. The normalized spacial score (nSPS) is 12.9. The van der Waals surface area contributed by atoms with E-state index in [0.717, 1.165) is 0 Å². The first-order valence-corrected chi connectivity index (χ1v) is 6.01. The van der Waals surface area contributed by atoms with Crippen LogP contribution >= 0.6 is 11.6 Å². The molecule has 19 heavy (non-hydrogen) atoms. The van der Waals surface area contributed by atoms with Gasteiger partial charge in [0.15, 0.2) is 0 Å². The van der Waals surface area contributed by atoms with Crippen molar-refractivity contribution in [2.24, 2.45) is 11.1 Å². The van der Waals surface area contributed by atoms with Crippen molar-refractivity contribution in [1.82, 2.24) is 0 Å². The molecule has 7 heteroatoms. The molecule has 1 aromatic rings. The Labute approximate surface area is 116 Å². The Morgan fingerprint density at radius 1 is 1.47 bits per heavy atom. The molecule has 0 saturated carbocycles. The van der Waals surface area contributed by atoms with E-state index in [2.05, 4.69) is 5.32 Å². The summed E-state index contributed by atoms with van der Waals surface area (Å²) in [5.74, 6) is -0.435. The number of nitrogens with zero attached hydrogens (tertiary/aromatic N) is 1. The zero-order valence-electron chi connectivity index (χ0n) is 10.9. The van der Waals surface area contributed by atoms with Crippen LogP contribution in [0.4, 0.5) is 11.4 Å². The number of nitro groups is 1. The van der Waals surface area contributed by atoms with E-state index < -0.39 is 22.3 Å². The Morgan fingerprint density at radius 3 is 2.53 bits per heavy atom. The summed E-state index contributed by atoms with van der Waals surface area (Å²) in [6.07, 6.45) is 0. The van der Waals surface area contributed by atoms with E-state index in [9.17, 15) is 14.9 Å². The average Bonchev–Trinajstić information content (AvgIpc) is 2.29. The number of non-ortho nitro benzene ring substituents is 1. The van der Waals surface area contributed by atoms with Gasteiger partial charge < -0.3 is 11.1 Å². The number of carbonyl (C=O) groups excluding carboxylic acids is 1. The number of amides is 1. The van der Waals surface area contributed by atoms with Gasteiger partial charge in [0.1, 0.15) is 0 Å². The van der Waals surface area contributed by atoms with Gasteiger partial charge in [0.25, 0.3) is 5.69 Å². The van der Waals surface area contributed by atoms with Crippen LogP contribution in [0.2, 0.25) is 5.02 Å². The molecule has 3 N–H and O–H groups in total. The predicted octanol–water partition coefficient (Wildman–Crippen LogP) is 2.56. The van der Waals surface area contributed by atoms with E-state index in [1.807, 2.05) is 20.8 Å². The summed E-state index contributed by atoms with van der Waals surface area (Å²) in [5.41, 5.74) is 5.41. The van der Waals surface area contributed by atoms with Crippen molar-refractivity contribution >= 4 is 28.9 Å². The van der Waals surface area contributed by atoms with Crippen LogP contribution in [0.5, 0.6) is 0 Å². The van der Waals surface area contributed by atoms with Crippen LogP contribution < -0.4 is 11.1 Å². The van der Waals surface area contributed by atoms with Crippen LogP contribution in [-0.2, 0) is 4.79 Å². The standard InChI is InChI=1S/C12H16ClN3O3/c1-12(2,3)10(14)11(17)15-9-6-7(16(18)19)4-5-8(9)13/h4-6,10H,14H2,1-3H3,(H,15,17). The van der Waals surface area contributed by atoms with Gasteiger partial charge in [0.2, 0.25) is 5.91 Å². The second-order valence-corrected chi connectivity index (χ2v) is 5.66. The first-order valence-electron chi connectivity index (χ1n) is 5.63. The number of hydrogen-bond acceptors (Lipinski definition) is 4. The molecule has 0 heterocycles. The van der Waals surface area contributed by atoms with E-state index in [1.165, 1.54) is 18.2 Å². The second-order valence-electron chi connectivity index (χ2n) is 5.25. The zero-order valence-corrected chi connectivity index (χ0v) is 11.7. The number of carbonyl (C=O) groups is 1. The molecule has 0 spiro atoms. The van der Waals surface area contributed by atoms with Gasteiger partial charge in [-0.05, 0) is 11.5 Å². The molecule has 0 fully saturated rings. The first-order chi connectivity index (χ1) is 8.62. The molecule has 1 amide bonds. The van der Waals surface area contributed by atoms with E-state index in [0.29, 0.717) is 0 Å². The van der Waals surface area contributed by atoms with E-state index in [1.54, 1.807) is 0 Å². The van der Waals surface area contributed by atoms with Gasteiger partial charge >= 0.3 is 0 Å². The number of hydrogen-bond donors (Lipinski definition) is 2. The smallest absolute Gasteiger partial charge is 0.271 e. The molecule has 0 aliphatic carbocycles. The van der Waals surface area contributed by atoms with Crippen LogP contribution in [0, 0.1) is 15.5 Å². The summed E-state index contributed by atoms with van der Waals surface area (Å²) in [6.45, 7) is 5.48. The first kappa shape index (κ1) is 15.4. The molecule has 0 bridgehead atoms. The maximum Gasteiger partial charge on any atom is 0.271 e. The third kappa shape index (κ3) is 3.90. The monoisotopic (exact) mass is 285 g/mol. The van der Waals surface area contributed by atoms with Gasteiger partial charge in [-0.2, -0.15) is 0 Å². The Kier molecular flexibility index (Phi) is 4.49. The lowest BCUT2D eigenvalue weighted by Gasteiger charge is -2.25. The highest BCUT2D eigenvalue weighted by molar-refractivity contribution is 6.33. The highest BCUT2D eigenvalue weighted by atomic mass is 35.5. The number of benzene rings is 1. The summed E-state index contributed by atoms with van der Waals surface area (Å²) in [7, 11) is 0. The molecule has 0 aromatic heterocycles. The molecule has 6 nitrogen and oxygen atoms in total. The number of nitrogens with one attached hydrogen (secondary N) is 1. The molecule has 0 saturated heterocycles. The minimum atomic E-state index is -0.747. The molecule has 0 aliphatic rings. The quantitative estimate of drug-likeness (QED) is 0.658. The fourth-order valence-corrected chi connectivity index (χ4v) is 1.49. The lowest BCUT2D eigenvalue weighted by Crippen LogP contribution is -2.45. The van der Waals surface area contributed by atoms with Crippen molar-refractivity contribution < 1.29 is 9.72 Å². The van der Waals surface area contributed by atoms with Gasteiger partial charge in [0.05, 0.1) is 21.7 Å². The minimum Gasteiger partial charge on any atom is -0.323 e. The maximum absolute atomic E-state index is 11.9. The number of rotatable bonds is 3. The molecule has 104 valence electrons. The fourth-order valence-electron chi connectivity index (χ4n) is 1.33. The molecule has 1 rings (SSSR count). The van der Waals surface area contributed by atoms with Crippen LogP contribution in [0.1, 0.15) is 20.8 Å². The van der Waals surface area contributed by atoms with Crippen LogP contribution in [-0.4, -0.2) is 16.9 Å². The summed E-state index contributed by atoms with van der Waals surface area (Å²) in [4.78, 5) is 22.0. The fraction of sp³-hybridized carbons (Fsp3) is 0.417. The Hall–Kier alpha value is -1.66. The predicted molar refractivity (Wildman–Crippen MR) is 74.2 cm³/mol. The maximum atomic E-state index is 11.9. The zero-order chi connectivity index (χ0) is 14.8. The molecule has 1 unspecified atom stereocenters. The lowest BCUT2D eigenvalue weighted by molar-refractivity contribution is -0.384. The summed E-state index contributed by atoms with van der Waals surface area (Å²) in [6, 6.07) is 3.08. The molecule has 1 atom stereocenters. The van der Waals surface area contributed by atoms with Crippen LogP contribution in [0.15, 0.2) is 18.2 Å². The highest BCUT2D eigenvalue weighted by Gasteiger charge is 2.28. The molecular formula is C12H16ClN3O3. The third-order valence-electron chi connectivity index (χ3n) is 2.63. The summed E-state index contributed by atoms with van der Waals surface area (Å²) >= 11 is 5.89. The van der Waals surface area contributed by atoms with Gasteiger partial charge in [-0.3, -0.25) is 14.9 Å². The molecule has 0 aliphatic heterocycles. The third-order valence-corrected chi connectivity index (χ3v) is 2.96. The van der Waals surface area contributed by atoms with Gasteiger partial charge in [0, 0.05) is 12.1 Å².